The fourth-order valence-electron chi connectivity index (χ4n) is 1.68. The summed E-state index contributed by atoms with van der Waals surface area (Å²) < 4.78 is 7.36. The highest BCUT2D eigenvalue weighted by Gasteiger charge is 2.07. The van der Waals surface area contributed by atoms with Crippen LogP contribution in [0.25, 0.3) is 0 Å². The Hall–Kier alpha value is -1.69. The first-order valence-electron chi connectivity index (χ1n) is 6.21. The minimum Gasteiger partial charge on any atom is -0.424 e. The van der Waals surface area contributed by atoms with E-state index in [4.69, 9.17) is 4.42 Å². The van der Waals surface area contributed by atoms with Crippen LogP contribution < -0.4 is 5.32 Å². The average Bonchev–Trinajstić information content (AvgIpc) is 2.95. The van der Waals surface area contributed by atoms with E-state index in [9.17, 15) is 0 Å². The number of nitrogens with one attached hydrogen (secondary N) is 1. The molecular formula is C12H19N5O. The van der Waals surface area contributed by atoms with E-state index in [0.29, 0.717) is 24.4 Å². The second-order valence-electron chi connectivity index (χ2n) is 4.46. The van der Waals surface area contributed by atoms with Crippen LogP contribution in [0.5, 0.6) is 0 Å². The number of aromatic nitrogens is 4. The standard InChI is InChI=1S/C12H19N5O/c1-4-11-15-16-12(18-11)6-13-10(3)8-17-7-9(2)5-14-17/h5,7,10,13H,4,6,8H2,1-3H3. The third-order valence-electron chi connectivity index (χ3n) is 2.64. The smallest absolute Gasteiger partial charge is 0.230 e. The molecule has 2 heterocycles. The van der Waals surface area contributed by atoms with Gasteiger partial charge in [0.15, 0.2) is 0 Å². The molecule has 0 aliphatic heterocycles. The Morgan fingerprint density at radius 3 is 2.78 bits per heavy atom. The Balaban J connectivity index is 1.79. The Bertz CT molecular complexity index is 490. The maximum absolute atomic E-state index is 5.43. The van der Waals surface area contributed by atoms with Gasteiger partial charge in [-0.2, -0.15) is 5.10 Å². The first-order valence-corrected chi connectivity index (χ1v) is 6.21. The van der Waals surface area contributed by atoms with Crippen LogP contribution in [0.4, 0.5) is 0 Å². The number of aryl methyl sites for hydroxylation is 2. The number of hydrogen-bond acceptors (Lipinski definition) is 5. The summed E-state index contributed by atoms with van der Waals surface area (Å²) in [5, 5.41) is 15.5. The summed E-state index contributed by atoms with van der Waals surface area (Å²) in [7, 11) is 0. The Labute approximate surface area is 106 Å². The highest BCUT2D eigenvalue weighted by molar-refractivity contribution is 4.99. The zero-order valence-corrected chi connectivity index (χ0v) is 11.1. The summed E-state index contributed by atoms with van der Waals surface area (Å²) in [4.78, 5) is 0. The van der Waals surface area contributed by atoms with E-state index in [0.717, 1.165) is 13.0 Å². The molecule has 0 saturated heterocycles. The first-order chi connectivity index (χ1) is 8.67. The SMILES string of the molecule is CCc1nnc(CNC(C)Cn2cc(C)cn2)o1. The molecule has 0 amide bonds. The minimum absolute atomic E-state index is 0.293. The zero-order valence-electron chi connectivity index (χ0n) is 11.1. The van der Waals surface area contributed by atoms with Gasteiger partial charge in [-0.3, -0.25) is 4.68 Å². The van der Waals surface area contributed by atoms with Gasteiger partial charge in [-0.05, 0) is 19.4 Å². The van der Waals surface area contributed by atoms with Crippen molar-refractivity contribution < 1.29 is 4.42 Å². The summed E-state index contributed by atoms with van der Waals surface area (Å²) in [5.74, 6) is 1.32. The van der Waals surface area contributed by atoms with Crippen molar-refractivity contribution in [3.05, 3.63) is 29.7 Å². The fourth-order valence-corrected chi connectivity index (χ4v) is 1.68. The maximum atomic E-state index is 5.43. The lowest BCUT2D eigenvalue weighted by Gasteiger charge is -2.12. The molecule has 18 heavy (non-hydrogen) atoms. The summed E-state index contributed by atoms with van der Waals surface area (Å²) in [6, 6.07) is 0.293. The van der Waals surface area contributed by atoms with E-state index in [1.54, 1.807) is 0 Å². The van der Waals surface area contributed by atoms with Crippen LogP contribution in [0.3, 0.4) is 0 Å². The van der Waals surface area contributed by atoms with Crippen molar-refractivity contribution in [3.8, 4) is 0 Å². The van der Waals surface area contributed by atoms with Crippen molar-refractivity contribution in [1.29, 1.82) is 0 Å². The molecule has 0 aliphatic carbocycles. The quantitative estimate of drug-likeness (QED) is 0.836. The molecule has 2 rings (SSSR count). The molecule has 6 heteroatoms. The topological polar surface area (TPSA) is 68.8 Å². The van der Waals surface area contributed by atoms with Gasteiger partial charge in [-0.1, -0.05) is 6.92 Å². The van der Waals surface area contributed by atoms with E-state index >= 15 is 0 Å². The largest absolute Gasteiger partial charge is 0.424 e. The van der Waals surface area contributed by atoms with Crippen LogP contribution in [0.1, 0.15) is 31.2 Å². The third-order valence-corrected chi connectivity index (χ3v) is 2.64. The first kappa shape index (κ1) is 12.8. The summed E-state index contributed by atoms with van der Waals surface area (Å²) in [6.07, 6.45) is 4.66. The van der Waals surface area contributed by atoms with Crippen LogP contribution in [0.15, 0.2) is 16.8 Å². The number of nitrogens with zero attached hydrogens (tertiary/aromatic N) is 4. The van der Waals surface area contributed by atoms with Gasteiger partial charge < -0.3 is 9.73 Å². The van der Waals surface area contributed by atoms with E-state index in [-0.39, 0.29) is 0 Å². The van der Waals surface area contributed by atoms with E-state index in [1.807, 2.05) is 30.9 Å². The number of hydrogen-bond donors (Lipinski definition) is 1. The summed E-state index contributed by atoms with van der Waals surface area (Å²) >= 11 is 0. The van der Waals surface area contributed by atoms with E-state index in [2.05, 4.69) is 27.5 Å². The van der Waals surface area contributed by atoms with Gasteiger partial charge in [0, 0.05) is 18.7 Å². The molecule has 0 aliphatic rings. The van der Waals surface area contributed by atoms with E-state index < -0.39 is 0 Å². The van der Waals surface area contributed by atoms with Gasteiger partial charge in [0.2, 0.25) is 11.8 Å². The molecule has 2 aromatic heterocycles. The highest BCUT2D eigenvalue weighted by atomic mass is 16.4. The molecule has 0 spiro atoms. The molecule has 98 valence electrons. The van der Waals surface area contributed by atoms with Crippen LogP contribution in [0.2, 0.25) is 0 Å². The molecule has 0 saturated carbocycles. The van der Waals surface area contributed by atoms with Crippen molar-refractivity contribution in [2.75, 3.05) is 0 Å². The minimum atomic E-state index is 0.293. The molecule has 2 aromatic rings. The van der Waals surface area contributed by atoms with Crippen LogP contribution >= 0.6 is 0 Å². The zero-order chi connectivity index (χ0) is 13.0. The maximum Gasteiger partial charge on any atom is 0.230 e. The molecule has 0 bridgehead atoms. The fraction of sp³-hybridized carbons (Fsp3) is 0.583. The molecule has 1 atom stereocenters. The van der Waals surface area contributed by atoms with Crippen molar-refractivity contribution in [2.24, 2.45) is 0 Å². The van der Waals surface area contributed by atoms with Gasteiger partial charge >= 0.3 is 0 Å². The van der Waals surface area contributed by atoms with E-state index in [1.165, 1.54) is 5.56 Å². The lowest BCUT2D eigenvalue weighted by atomic mass is 10.3. The monoisotopic (exact) mass is 249 g/mol. The summed E-state index contributed by atoms with van der Waals surface area (Å²) in [6.45, 7) is 7.55. The molecule has 6 nitrogen and oxygen atoms in total. The van der Waals surface area contributed by atoms with Gasteiger partial charge in [0.1, 0.15) is 0 Å². The molecule has 0 radical (unpaired) electrons. The van der Waals surface area contributed by atoms with Crippen molar-refractivity contribution in [2.45, 2.75) is 46.3 Å². The van der Waals surface area contributed by atoms with Gasteiger partial charge in [-0.15, -0.1) is 10.2 Å². The second kappa shape index (κ2) is 5.77. The van der Waals surface area contributed by atoms with Gasteiger partial charge in [0.05, 0.1) is 19.3 Å². The summed E-state index contributed by atoms with van der Waals surface area (Å²) in [5.41, 5.74) is 1.17. The molecule has 0 aromatic carbocycles. The molecular weight excluding hydrogens is 230 g/mol. The van der Waals surface area contributed by atoms with Crippen molar-refractivity contribution in [1.82, 2.24) is 25.3 Å². The van der Waals surface area contributed by atoms with Crippen LogP contribution in [-0.4, -0.2) is 26.0 Å². The average molecular weight is 249 g/mol. The molecule has 0 fully saturated rings. The lowest BCUT2D eigenvalue weighted by molar-refractivity contribution is 0.395. The van der Waals surface area contributed by atoms with Gasteiger partial charge in [0.25, 0.3) is 0 Å². The number of rotatable bonds is 6. The van der Waals surface area contributed by atoms with Crippen LogP contribution in [-0.2, 0) is 19.5 Å². The predicted octanol–water partition coefficient (Wildman–Crippen LogP) is 1.32. The van der Waals surface area contributed by atoms with Crippen LogP contribution in [0, 0.1) is 6.92 Å². The van der Waals surface area contributed by atoms with Crippen molar-refractivity contribution in [3.63, 3.8) is 0 Å². The predicted molar refractivity (Wildman–Crippen MR) is 66.9 cm³/mol. The highest BCUT2D eigenvalue weighted by Crippen LogP contribution is 2.01. The molecule has 1 N–H and O–H groups in total. The lowest BCUT2D eigenvalue weighted by Crippen LogP contribution is -2.30. The third kappa shape index (κ3) is 3.40. The second-order valence-corrected chi connectivity index (χ2v) is 4.46. The van der Waals surface area contributed by atoms with Crippen molar-refractivity contribution >= 4 is 0 Å². The molecule has 1 unspecified atom stereocenters. The normalized spacial score (nSPS) is 12.8. The Morgan fingerprint density at radius 2 is 2.17 bits per heavy atom. The Morgan fingerprint density at radius 1 is 1.39 bits per heavy atom. The Kier molecular flexibility index (Phi) is 4.09. The van der Waals surface area contributed by atoms with Gasteiger partial charge in [-0.25, -0.2) is 0 Å².